The summed E-state index contributed by atoms with van der Waals surface area (Å²) in [7, 11) is 4.73. The third kappa shape index (κ3) is 4.80. The summed E-state index contributed by atoms with van der Waals surface area (Å²) in [5.41, 5.74) is 1.30. The van der Waals surface area contributed by atoms with E-state index in [9.17, 15) is 4.79 Å². The lowest BCUT2D eigenvalue weighted by Crippen LogP contribution is -2.26. The second-order valence-electron chi connectivity index (χ2n) is 5.19. The van der Waals surface area contributed by atoms with Gasteiger partial charge in [-0.3, -0.25) is 0 Å². The summed E-state index contributed by atoms with van der Waals surface area (Å²) in [5.74, 6) is 0.579. The first-order chi connectivity index (χ1) is 11.4. The van der Waals surface area contributed by atoms with Gasteiger partial charge in [-0.15, -0.1) is 0 Å². The molecule has 0 aliphatic heterocycles. The summed E-state index contributed by atoms with van der Waals surface area (Å²) >= 11 is 12.4. The maximum Gasteiger partial charge on any atom is 0.416 e. The third-order valence-corrected chi connectivity index (χ3v) is 3.76. The highest BCUT2D eigenvalue weighted by Gasteiger charge is 2.14. The largest absolute Gasteiger partial charge is 0.416 e. The number of halogens is 2. The van der Waals surface area contributed by atoms with Crippen molar-refractivity contribution in [2.75, 3.05) is 21.2 Å². The first-order valence-corrected chi connectivity index (χ1v) is 7.84. The molecular formula is C16H17Cl2N3O3. The molecule has 0 bridgehead atoms. The van der Waals surface area contributed by atoms with Crippen molar-refractivity contribution in [3.63, 3.8) is 0 Å². The summed E-state index contributed by atoms with van der Waals surface area (Å²) in [6, 6.07) is 6.81. The van der Waals surface area contributed by atoms with Crippen molar-refractivity contribution in [2.24, 2.45) is 0 Å². The van der Waals surface area contributed by atoms with Gasteiger partial charge in [0.25, 0.3) is 0 Å². The molecular weight excluding hydrogens is 353 g/mol. The van der Waals surface area contributed by atoms with Crippen LogP contribution < -0.4 is 4.74 Å². The summed E-state index contributed by atoms with van der Waals surface area (Å²) < 4.78 is 10.3. The van der Waals surface area contributed by atoms with Crippen LogP contribution in [0, 0.1) is 0 Å². The first-order valence-electron chi connectivity index (χ1n) is 7.08. The summed E-state index contributed by atoms with van der Waals surface area (Å²) in [6.07, 6.45) is -0.221. The van der Waals surface area contributed by atoms with E-state index in [1.807, 2.05) is 0 Å². The Morgan fingerprint density at radius 1 is 1.21 bits per heavy atom. The quantitative estimate of drug-likeness (QED) is 0.805. The van der Waals surface area contributed by atoms with Crippen LogP contribution >= 0.6 is 23.2 Å². The Kier molecular flexibility index (Phi) is 6.36. The molecule has 1 aromatic heterocycles. The molecule has 0 radical (unpaired) electrons. The van der Waals surface area contributed by atoms with Crippen molar-refractivity contribution in [3.8, 4) is 5.88 Å². The number of carbonyl (C=O) groups excluding carboxylic acids is 1. The van der Waals surface area contributed by atoms with E-state index < -0.39 is 6.09 Å². The van der Waals surface area contributed by atoms with Crippen molar-refractivity contribution in [3.05, 3.63) is 51.4 Å². The lowest BCUT2D eigenvalue weighted by atomic mass is 10.1. The molecule has 8 heteroatoms. The topological polar surface area (TPSA) is 64.6 Å². The van der Waals surface area contributed by atoms with E-state index in [2.05, 4.69) is 9.97 Å². The maximum atomic E-state index is 11.7. The monoisotopic (exact) mass is 369 g/mol. The molecule has 0 unspecified atom stereocenters. The van der Waals surface area contributed by atoms with Crippen LogP contribution in [0.25, 0.3) is 0 Å². The number of ether oxygens (including phenoxy) is 2. The molecule has 128 valence electrons. The van der Waals surface area contributed by atoms with Crippen molar-refractivity contribution in [1.29, 1.82) is 0 Å². The average molecular weight is 370 g/mol. The van der Waals surface area contributed by atoms with E-state index in [0.29, 0.717) is 33.5 Å². The zero-order valence-electron chi connectivity index (χ0n) is 13.5. The Morgan fingerprint density at radius 3 is 2.46 bits per heavy atom. The smallest absolute Gasteiger partial charge is 0.391 e. The van der Waals surface area contributed by atoms with Gasteiger partial charge >= 0.3 is 6.09 Å². The SMILES string of the molecule is COCc1cc(OC(=O)N(C)C)nc(Cc2c(Cl)cccc2Cl)n1. The molecule has 1 aromatic carbocycles. The van der Waals surface area contributed by atoms with Gasteiger partial charge < -0.3 is 14.4 Å². The van der Waals surface area contributed by atoms with E-state index in [0.717, 1.165) is 0 Å². The standard InChI is InChI=1S/C16H17Cl2N3O3/c1-21(2)16(22)24-15-7-10(9-23-3)19-14(20-15)8-11-12(17)5-4-6-13(11)18/h4-7H,8-9H2,1-3H3. The fraction of sp³-hybridized carbons (Fsp3) is 0.312. The average Bonchev–Trinajstić information content (AvgIpc) is 2.51. The molecule has 0 saturated carbocycles. The van der Waals surface area contributed by atoms with Crippen LogP contribution in [0.2, 0.25) is 10.0 Å². The van der Waals surface area contributed by atoms with Crippen LogP contribution in [0.15, 0.2) is 24.3 Å². The third-order valence-electron chi connectivity index (χ3n) is 3.05. The minimum absolute atomic E-state index is 0.147. The van der Waals surface area contributed by atoms with Gasteiger partial charge in [-0.1, -0.05) is 29.3 Å². The zero-order valence-corrected chi connectivity index (χ0v) is 15.1. The number of hydrogen-bond acceptors (Lipinski definition) is 5. The van der Waals surface area contributed by atoms with E-state index in [-0.39, 0.29) is 12.5 Å². The molecule has 2 aromatic rings. The van der Waals surface area contributed by atoms with Crippen molar-refractivity contribution < 1.29 is 14.3 Å². The van der Waals surface area contributed by atoms with Gasteiger partial charge in [-0.25, -0.2) is 9.78 Å². The highest BCUT2D eigenvalue weighted by atomic mass is 35.5. The lowest BCUT2D eigenvalue weighted by molar-refractivity contribution is 0.168. The number of methoxy groups -OCH3 is 1. The zero-order chi connectivity index (χ0) is 17.7. The van der Waals surface area contributed by atoms with Crippen LogP contribution in [0.4, 0.5) is 4.79 Å². The fourth-order valence-electron chi connectivity index (χ4n) is 1.92. The van der Waals surface area contributed by atoms with Gasteiger partial charge in [0, 0.05) is 43.7 Å². The minimum atomic E-state index is -0.529. The van der Waals surface area contributed by atoms with Crippen LogP contribution in [0.5, 0.6) is 5.88 Å². The summed E-state index contributed by atoms with van der Waals surface area (Å²) in [5, 5.41) is 1.05. The number of aromatic nitrogens is 2. The van der Waals surface area contributed by atoms with Crippen molar-refractivity contribution >= 4 is 29.3 Å². The highest BCUT2D eigenvalue weighted by Crippen LogP contribution is 2.26. The van der Waals surface area contributed by atoms with Gasteiger partial charge in [-0.2, -0.15) is 4.98 Å². The molecule has 2 rings (SSSR count). The van der Waals surface area contributed by atoms with Crippen molar-refractivity contribution in [1.82, 2.24) is 14.9 Å². The normalized spacial score (nSPS) is 10.5. The van der Waals surface area contributed by atoms with E-state index in [1.165, 1.54) is 4.90 Å². The minimum Gasteiger partial charge on any atom is -0.391 e. The number of nitrogens with zero attached hydrogens (tertiary/aromatic N) is 3. The van der Waals surface area contributed by atoms with Gasteiger partial charge in [0.1, 0.15) is 5.82 Å². The molecule has 1 amide bonds. The van der Waals surface area contributed by atoms with Gasteiger partial charge in [0.15, 0.2) is 0 Å². The molecule has 0 N–H and O–H groups in total. The number of amides is 1. The Morgan fingerprint density at radius 2 is 1.88 bits per heavy atom. The van der Waals surface area contributed by atoms with E-state index in [4.69, 9.17) is 32.7 Å². The van der Waals surface area contributed by atoms with E-state index in [1.54, 1.807) is 45.5 Å². The number of carbonyl (C=O) groups is 1. The molecule has 24 heavy (non-hydrogen) atoms. The Hall–Kier alpha value is -1.89. The molecule has 6 nitrogen and oxygen atoms in total. The van der Waals surface area contributed by atoms with Crippen LogP contribution in [0.1, 0.15) is 17.1 Å². The summed E-state index contributed by atoms with van der Waals surface area (Å²) in [6.45, 7) is 0.262. The predicted molar refractivity (Wildman–Crippen MR) is 91.7 cm³/mol. The maximum absolute atomic E-state index is 11.7. The second kappa shape index (κ2) is 8.28. The van der Waals surface area contributed by atoms with Gasteiger partial charge in [0.2, 0.25) is 5.88 Å². The predicted octanol–water partition coefficient (Wildman–Crippen LogP) is 3.58. The Labute approximate surface area is 150 Å². The second-order valence-corrected chi connectivity index (χ2v) is 6.00. The van der Waals surface area contributed by atoms with Gasteiger partial charge in [-0.05, 0) is 17.7 Å². The molecule has 0 aliphatic carbocycles. The first kappa shape index (κ1) is 18.4. The molecule has 0 saturated heterocycles. The summed E-state index contributed by atoms with van der Waals surface area (Å²) in [4.78, 5) is 21.7. The molecule has 0 fully saturated rings. The molecule has 0 aliphatic rings. The highest BCUT2D eigenvalue weighted by molar-refractivity contribution is 6.36. The molecule has 0 spiro atoms. The Balaban J connectivity index is 2.34. The van der Waals surface area contributed by atoms with Crippen molar-refractivity contribution in [2.45, 2.75) is 13.0 Å². The lowest BCUT2D eigenvalue weighted by Gasteiger charge is -2.12. The fourth-order valence-corrected chi connectivity index (χ4v) is 2.45. The van der Waals surface area contributed by atoms with Crippen LogP contribution in [0.3, 0.4) is 0 Å². The van der Waals surface area contributed by atoms with E-state index >= 15 is 0 Å². The molecule has 1 heterocycles. The number of rotatable bonds is 5. The van der Waals surface area contributed by atoms with Crippen LogP contribution in [-0.2, 0) is 17.8 Å². The number of benzene rings is 1. The van der Waals surface area contributed by atoms with Crippen LogP contribution in [-0.4, -0.2) is 42.2 Å². The van der Waals surface area contributed by atoms with Gasteiger partial charge in [0.05, 0.1) is 12.3 Å². The number of hydrogen-bond donors (Lipinski definition) is 0. The Bertz CT molecular complexity index is 718. The molecule has 0 atom stereocenters.